The van der Waals surface area contributed by atoms with Crippen LogP contribution in [0.2, 0.25) is 0 Å². The topological polar surface area (TPSA) is 106 Å². The number of aromatic nitrogens is 1. The molecule has 0 saturated carbocycles. The van der Waals surface area contributed by atoms with Crippen molar-refractivity contribution < 1.29 is 14.3 Å². The van der Waals surface area contributed by atoms with Gasteiger partial charge in [0.25, 0.3) is 11.5 Å². The average molecular weight is 692 g/mol. The van der Waals surface area contributed by atoms with Gasteiger partial charge in [0.05, 0.1) is 45.1 Å². The van der Waals surface area contributed by atoms with Crippen LogP contribution in [0, 0.1) is 11.3 Å². The lowest BCUT2D eigenvalue weighted by molar-refractivity contribution is -0.113. The number of nitrogens with one attached hydrogen (secondary N) is 1. The van der Waals surface area contributed by atoms with E-state index in [1.807, 2.05) is 91.0 Å². The van der Waals surface area contributed by atoms with Crippen molar-refractivity contribution in [2.45, 2.75) is 19.6 Å². The Morgan fingerprint density at radius 1 is 1.07 bits per heavy atom. The van der Waals surface area contributed by atoms with Crippen molar-refractivity contribution >= 4 is 44.9 Å². The van der Waals surface area contributed by atoms with Gasteiger partial charge < -0.3 is 14.8 Å². The summed E-state index contributed by atoms with van der Waals surface area (Å²) in [5.41, 5.74) is 4.13. The quantitative estimate of drug-likeness (QED) is 0.212. The number of halogens is 1. The number of methoxy groups -OCH3 is 1. The smallest absolute Gasteiger partial charge is 0.271 e. The number of ether oxygens (including phenoxy) is 2. The highest BCUT2D eigenvalue weighted by atomic mass is 79.9. The molecule has 0 bridgehead atoms. The van der Waals surface area contributed by atoms with Crippen LogP contribution < -0.4 is 29.7 Å². The molecule has 10 heteroatoms. The molecule has 46 heavy (non-hydrogen) atoms. The molecule has 0 spiro atoms. The Bertz CT molecular complexity index is 2220. The van der Waals surface area contributed by atoms with Gasteiger partial charge in [-0.1, -0.05) is 65.9 Å². The van der Waals surface area contributed by atoms with Crippen molar-refractivity contribution in [1.29, 1.82) is 5.26 Å². The zero-order chi connectivity index (χ0) is 32.2. The lowest BCUT2D eigenvalue weighted by atomic mass is 9.95. The molecule has 0 aliphatic carbocycles. The first-order valence-electron chi connectivity index (χ1n) is 14.3. The molecular formula is C36H27BrN4O4S. The number of anilines is 1. The highest BCUT2D eigenvalue weighted by molar-refractivity contribution is 9.10. The van der Waals surface area contributed by atoms with Gasteiger partial charge in [-0.15, -0.1) is 0 Å². The molecule has 1 N–H and O–H groups in total. The van der Waals surface area contributed by atoms with E-state index in [0.29, 0.717) is 47.8 Å². The number of rotatable bonds is 8. The van der Waals surface area contributed by atoms with Crippen molar-refractivity contribution in [1.82, 2.24) is 4.57 Å². The summed E-state index contributed by atoms with van der Waals surface area (Å²) in [7, 11) is 1.58. The first kappa shape index (κ1) is 30.8. The van der Waals surface area contributed by atoms with Crippen molar-refractivity contribution in [2.75, 3.05) is 12.4 Å². The van der Waals surface area contributed by atoms with E-state index >= 15 is 0 Å². The van der Waals surface area contributed by atoms with Gasteiger partial charge >= 0.3 is 0 Å². The van der Waals surface area contributed by atoms with Gasteiger partial charge in [-0.05, 0) is 82.5 Å². The zero-order valence-corrected chi connectivity index (χ0v) is 27.3. The first-order chi connectivity index (χ1) is 22.4. The van der Waals surface area contributed by atoms with Gasteiger partial charge in [0.15, 0.2) is 4.80 Å². The number of para-hydroxylation sites is 1. The highest BCUT2D eigenvalue weighted by Gasteiger charge is 2.32. The van der Waals surface area contributed by atoms with Crippen LogP contribution in [0.4, 0.5) is 5.69 Å². The summed E-state index contributed by atoms with van der Waals surface area (Å²) in [6.45, 7) is 2.03. The molecule has 1 atom stereocenters. The third kappa shape index (κ3) is 6.29. The summed E-state index contributed by atoms with van der Waals surface area (Å²) >= 11 is 4.85. The van der Waals surface area contributed by atoms with Crippen LogP contribution >= 0.6 is 27.3 Å². The van der Waals surface area contributed by atoms with Crippen LogP contribution in [0.1, 0.15) is 35.2 Å². The van der Waals surface area contributed by atoms with Crippen molar-refractivity contribution in [3.05, 3.63) is 155 Å². The fraction of sp³-hybridized carbons (Fsp3) is 0.111. The third-order valence-electron chi connectivity index (χ3n) is 7.48. The van der Waals surface area contributed by atoms with E-state index < -0.39 is 6.04 Å². The Morgan fingerprint density at radius 3 is 2.61 bits per heavy atom. The highest BCUT2D eigenvalue weighted by Crippen LogP contribution is 2.33. The normalized spacial score (nSPS) is 14.2. The monoisotopic (exact) mass is 690 g/mol. The minimum absolute atomic E-state index is 0.240. The molecule has 1 amide bonds. The Morgan fingerprint density at radius 2 is 1.85 bits per heavy atom. The molecule has 2 heterocycles. The van der Waals surface area contributed by atoms with E-state index in [4.69, 9.17) is 14.5 Å². The standard InChI is InChI=1S/C36H27BrN4O4S/c1-22-32(34(42)40-27-12-4-3-5-13-27)33(24-11-8-14-28(19-24)44-2)41-35(43)31(46-36(41)39-22)18-23-15-16-30(29(37)17-23)45-21-26-10-7-6-9-25(26)20-38/h3-19,33H,21H2,1-2H3,(H,40,42)/b31-18-/t33-/m1/s1. The second-order valence-corrected chi connectivity index (χ2v) is 12.3. The summed E-state index contributed by atoms with van der Waals surface area (Å²) in [6.07, 6.45) is 1.80. The minimum Gasteiger partial charge on any atom is -0.497 e. The minimum atomic E-state index is -0.726. The molecule has 0 unspecified atom stereocenters. The van der Waals surface area contributed by atoms with E-state index in [9.17, 15) is 14.9 Å². The van der Waals surface area contributed by atoms with Crippen LogP contribution in [0.3, 0.4) is 0 Å². The molecule has 8 nitrogen and oxygen atoms in total. The van der Waals surface area contributed by atoms with Gasteiger partial charge in [0, 0.05) is 11.3 Å². The summed E-state index contributed by atoms with van der Waals surface area (Å²) in [4.78, 5) is 33.1. The van der Waals surface area contributed by atoms with Gasteiger partial charge in [0.1, 0.15) is 18.1 Å². The van der Waals surface area contributed by atoms with Crippen LogP contribution in [0.15, 0.2) is 123 Å². The zero-order valence-electron chi connectivity index (χ0n) is 24.9. The van der Waals surface area contributed by atoms with Crippen LogP contribution in [-0.4, -0.2) is 17.6 Å². The van der Waals surface area contributed by atoms with E-state index in [2.05, 4.69) is 27.3 Å². The van der Waals surface area contributed by atoms with Gasteiger partial charge in [0.2, 0.25) is 0 Å². The number of nitriles is 1. The SMILES string of the molecule is COc1cccc([C@@H]2C(C(=O)Nc3ccccc3)=C(C)N=c3s/c(=C\c4ccc(OCc5ccccc5C#N)c(Br)c4)c(=O)n32)c1. The molecule has 1 aromatic heterocycles. The number of carbonyl (C=O) groups is 1. The Hall–Kier alpha value is -5.24. The molecule has 228 valence electrons. The lowest BCUT2D eigenvalue weighted by Gasteiger charge is -2.25. The predicted molar refractivity (Wildman–Crippen MR) is 181 cm³/mol. The van der Waals surface area contributed by atoms with Gasteiger partial charge in [-0.25, -0.2) is 4.99 Å². The summed E-state index contributed by atoms with van der Waals surface area (Å²) in [5.74, 6) is 0.876. The molecule has 0 saturated heterocycles. The number of hydrogen-bond acceptors (Lipinski definition) is 7. The number of allylic oxidation sites excluding steroid dienone is 1. The molecule has 1 aliphatic heterocycles. The summed E-state index contributed by atoms with van der Waals surface area (Å²) in [6, 6.07) is 30.9. The number of fused-ring (bicyclic) bond motifs is 1. The largest absolute Gasteiger partial charge is 0.497 e. The van der Waals surface area contributed by atoms with E-state index in [1.165, 1.54) is 11.3 Å². The second-order valence-electron chi connectivity index (χ2n) is 10.4. The van der Waals surface area contributed by atoms with Gasteiger partial charge in [-0.3, -0.25) is 14.2 Å². The van der Waals surface area contributed by atoms with Crippen LogP contribution in [-0.2, 0) is 11.4 Å². The van der Waals surface area contributed by atoms with E-state index in [0.717, 1.165) is 16.7 Å². The Labute approximate surface area is 277 Å². The Kier molecular flexibility index (Phi) is 8.97. The molecule has 0 radical (unpaired) electrons. The predicted octanol–water partition coefficient (Wildman–Crippen LogP) is 6.10. The number of benzene rings is 4. The number of carbonyl (C=O) groups excluding carboxylic acids is 1. The van der Waals surface area contributed by atoms with Crippen LogP contribution in [0.25, 0.3) is 6.08 Å². The fourth-order valence-corrected chi connectivity index (χ4v) is 6.80. The van der Waals surface area contributed by atoms with E-state index in [1.54, 1.807) is 30.7 Å². The molecule has 0 fully saturated rings. The molecule has 1 aliphatic rings. The Balaban J connectivity index is 1.37. The maximum atomic E-state index is 14.1. The first-order valence-corrected chi connectivity index (χ1v) is 15.9. The van der Waals surface area contributed by atoms with Crippen LogP contribution in [0.5, 0.6) is 11.5 Å². The molecule has 4 aromatic carbocycles. The number of thiazole rings is 1. The molecular weight excluding hydrogens is 664 g/mol. The number of amides is 1. The second kappa shape index (κ2) is 13.4. The molecule has 5 aromatic rings. The fourth-order valence-electron chi connectivity index (χ4n) is 5.24. The van der Waals surface area contributed by atoms with Gasteiger partial charge in [-0.2, -0.15) is 5.26 Å². The average Bonchev–Trinajstić information content (AvgIpc) is 3.37. The number of nitrogens with zero attached hydrogens (tertiary/aromatic N) is 3. The molecule has 6 rings (SSSR count). The summed E-state index contributed by atoms with van der Waals surface area (Å²) in [5, 5.41) is 12.3. The third-order valence-corrected chi connectivity index (χ3v) is 9.08. The van der Waals surface area contributed by atoms with Crippen molar-refractivity contribution in [3.63, 3.8) is 0 Å². The van der Waals surface area contributed by atoms with Crippen molar-refractivity contribution in [2.24, 2.45) is 4.99 Å². The maximum absolute atomic E-state index is 14.1. The lowest BCUT2D eigenvalue weighted by Crippen LogP contribution is -2.40. The summed E-state index contributed by atoms with van der Waals surface area (Å²) < 4.78 is 14.2. The van der Waals surface area contributed by atoms with Crippen molar-refractivity contribution in [3.8, 4) is 17.6 Å². The maximum Gasteiger partial charge on any atom is 0.271 e. The van der Waals surface area contributed by atoms with E-state index in [-0.39, 0.29) is 18.1 Å². The number of hydrogen-bond donors (Lipinski definition) is 1.